The summed E-state index contributed by atoms with van der Waals surface area (Å²) >= 11 is 1.53. The largest absolute Gasteiger partial charge is 0.387 e. The van der Waals surface area contributed by atoms with Crippen molar-refractivity contribution in [1.82, 2.24) is 9.47 Å². The number of aromatic nitrogens is 1. The minimum Gasteiger partial charge on any atom is -0.387 e. The summed E-state index contributed by atoms with van der Waals surface area (Å²) in [6.07, 6.45) is 3.52. The van der Waals surface area contributed by atoms with Gasteiger partial charge in [0.1, 0.15) is 6.54 Å². The zero-order valence-corrected chi connectivity index (χ0v) is 14.5. The van der Waals surface area contributed by atoms with E-state index in [9.17, 15) is 14.7 Å². The van der Waals surface area contributed by atoms with Gasteiger partial charge < -0.3 is 14.6 Å². The minimum absolute atomic E-state index is 0.0377. The second kappa shape index (κ2) is 7.32. The van der Waals surface area contributed by atoms with E-state index in [-0.39, 0.29) is 24.1 Å². The third-order valence-electron chi connectivity index (χ3n) is 4.52. The Labute approximate surface area is 145 Å². The van der Waals surface area contributed by atoms with Gasteiger partial charge in [0.05, 0.1) is 6.10 Å². The van der Waals surface area contributed by atoms with Gasteiger partial charge in [0.15, 0.2) is 0 Å². The summed E-state index contributed by atoms with van der Waals surface area (Å²) in [4.78, 5) is 27.3. The van der Waals surface area contributed by atoms with Crippen LogP contribution in [0, 0.1) is 6.92 Å². The second-order valence-electron chi connectivity index (χ2n) is 6.32. The molecule has 0 aliphatic carbocycles. The molecular weight excluding hydrogens is 324 g/mol. The van der Waals surface area contributed by atoms with E-state index in [2.05, 4.69) is 0 Å². The molecule has 3 rings (SSSR count). The predicted octanol–water partition coefficient (Wildman–Crippen LogP) is 2.33. The van der Waals surface area contributed by atoms with Crippen LogP contribution < -0.4 is 5.56 Å². The highest BCUT2D eigenvalue weighted by atomic mass is 32.1. The lowest BCUT2D eigenvalue weighted by molar-refractivity contribution is -0.133. The number of aryl methyl sites for hydroxylation is 1. The summed E-state index contributed by atoms with van der Waals surface area (Å²) < 4.78 is 1.44. The highest BCUT2D eigenvalue weighted by Crippen LogP contribution is 2.29. The van der Waals surface area contributed by atoms with Crippen LogP contribution in [-0.2, 0) is 11.3 Å². The van der Waals surface area contributed by atoms with Gasteiger partial charge in [-0.25, -0.2) is 0 Å². The Morgan fingerprint density at radius 2 is 2.29 bits per heavy atom. The quantitative estimate of drug-likeness (QED) is 0.904. The normalized spacial score (nSPS) is 18.8. The highest BCUT2D eigenvalue weighted by Gasteiger charge is 2.30. The molecule has 0 unspecified atom stereocenters. The number of carbonyl (C=O) groups excluding carboxylic acids is 1. The van der Waals surface area contributed by atoms with E-state index in [1.54, 1.807) is 6.20 Å². The van der Waals surface area contributed by atoms with Crippen molar-refractivity contribution in [2.45, 2.75) is 44.9 Å². The van der Waals surface area contributed by atoms with E-state index in [4.69, 9.17) is 0 Å². The van der Waals surface area contributed by atoms with Gasteiger partial charge in [0.2, 0.25) is 5.91 Å². The number of nitrogens with zero attached hydrogens (tertiary/aromatic N) is 2. The Hall–Kier alpha value is -1.92. The van der Waals surface area contributed by atoms with Crippen LogP contribution in [0.1, 0.15) is 35.8 Å². The number of aliphatic hydroxyl groups is 1. The molecule has 0 saturated carbocycles. The molecule has 3 heterocycles. The third-order valence-corrected chi connectivity index (χ3v) is 5.50. The lowest BCUT2D eigenvalue weighted by Crippen LogP contribution is -2.40. The maximum atomic E-state index is 12.6. The molecule has 1 saturated heterocycles. The lowest BCUT2D eigenvalue weighted by Gasteiger charge is -2.26. The summed E-state index contributed by atoms with van der Waals surface area (Å²) in [6, 6.07) is 7.24. The molecule has 2 aromatic heterocycles. The van der Waals surface area contributed by atoms with Crippen molar-refractivity contribution in [2.75, 3.05) is 6.54 Å². The second-order valence-corrected chi connectivity index (χ2v) is 7.30. The average Bonchev–Trinajstić information content (AvgIpc) is 3.21. The number of pyridine rings is 1. The van der Waals surface area contributed by atoms with Crippen LogP contribution >= 0.6 is 11.3 Å². The molecule has 1 fully saturated rings. The van der Waals surface area contributed by atoms with Crippen molar-refractivity contribution >= 4 is 17.2 Å². The summed E-state index contributed by atoms with van der Waals surface area (Å²) in [6.45, 7) is 2.61. The summed E-state index contributed by atoms with van der Waals surface area (Å²) in [5.74, 6) is -0.0539. The molecule has 0 spiro atoms. The maximum Gasteiger partial charge on any atom is 0.251 e. The fraction of sp³-hybridized carbons (Fsp3) is 0.444. The number of aliphatic hydroxyl groups excluding tert-OH is 1. The molecule has 2 aromatic rings. The monoisotopic (exact) mass is 346 g/mol. The molecule has 1 N–H and O–H groups in total. The first-order chi connectivity index (χ1) is 11.5. The van der Waals surface area contributed by atoms with Gasteiger partial charge in [-0.15, -0.1) is 11.3 Å². The van der Waals surface area contributed by atoms with Crippen LogP contribution in [0.5, 0.6) is 0 Å². The van der Waals surface area contributed by atoms with Gasteiger partial charge in [-0.3, -0.25) is 9.59 Å². The number of thiophene rings is 1. The molecule has 6 heteroatoms. The standard InChI is InChI=1S/C18H22N2O3S/c1-13-6-8-19(17(22)10-13)12-18(23)20-7-2-4-14(20)11-15(21)16-5-3-9-24-16/h3,5-6,8-10,14-15,21H,2,4,7,11-12H2,1H3/t14-,15-/m0/s1. The van der Waals surface area contributed by atoms with Crippen molar-refractivity contribution in [3.05, 3.63) is 56.6 Å². The van der Waals surface area contributed by atoms with Crippen LogP contribution in [0.3, 0.4) is 0 Å². The smallest absolute Gasteiger partial charge is 0.251 e. The highest BCUT2D eigenvalue weighted by molar-refractivity contribution is 7.10. The number of likely N-dealkylation sites (tertiary alicyclic amines) is 1. The first-order valence-electron chi connectivity index (χ1n) is 8.22. The molecular formula is C18H22N2O3S. The first kappa shape index (κ1) is 16.9. The van der Waals surface area contributed by atoms with Gasteiger partial charge >= 0.3 is 0 Å². The Balaban J connectivity index is 1.66. The van der Waals surface area contributed by atoms with E-state index in [1.807, 2.05) is 35.4 Å². The SMILES string of the molecule is Cc1ccn(CC(=O)N2CCC[C@H]2C[C@H](O)c2cccs2)c(=O)c1. The molecule has 0 aromatic carbocycles. The van der Waals surface area contributed by atoms with E-state index in [1.165, 1.54) is 22.0 Å². The van der Waals surface area contributed by atoms with E-state index < -0.39 is 6.10 Å². The van der Waals surface area contributed by atoms with Crippen molar-refractivity contribution in [3.8, 4) is 0 Å². The molecule has 1 amide bonds. The molecule has 24 heavy (non-hydrogen) atoms. The Morgan fingerprint density at radius 3 is 3.00 bits per heavy atom. The molecule has 128 valence electrons. The molecule has 0 bridgehead atoms. The maximum absolute atomic E-state index is 12.6. The van der Waals surface area contributed by atoms with Crippen molar-refractivity contribution in [3.63, 3.8) is 0 Å². The summed E-state index contributed by atoms with van der Waals surface area (Å²) in [5, 5.41) is 12.3. The topological polar surface area (TPSA) is 62.5 Å². The van der Waals surface area contributed by atoms with Crippen LogP contribution in [0.25, 0.3) is 0 Å². The van der Waals surface area contributed by atoms with Gasteiger partial charge in [-0.05, 0) is 49.3 Å². The van der Waals surface area contributed by atoms with E-state index in [0.29, 0.717) is 13.0 Å². The van der Waals surface area contributed by atoms with Crippen LogP contribution in [0.4, 0.5) is 0 Å². The average molecular weight is 346 g/mol. The van der Waals surface area contributed by atoms with Crippen molar-refractivity contribution in [2.24, 2.45) is 0 Å². The lowest BCUT2D eigenvalue weighted by atomic mass is 10.1. The van der Waals surface area contributed by atoms with Crippen LogP contribution in [0.15, 0.2) is 40.6 Å². The van der Waals surface area contributed by atoms with Crippen molar-refractivity contribution < 1.29 is 9.90 Å². The summed E-state index contributed by atoms with van der Waals surface area (Å²) in [5.41, 5.74) is 0.736. The Bertz CT molecular complexity index is 754. The zero-order valence-electron chi connectivity index (χ0n) is 13.7. The number of hydrogen-bond donors (Lipinski definition) is 1. The Morgan fingerprint density at radius 1 is 1.46 bits per heavy atom. The number of carbonyl (C=O) groups is 1. The fourth-order valence-corrected chi connectivity index (χ4v) is 3.96. The predicted molar refractivity (Wildman–Crippen MR) is 94.1 cm³/mol. The Kier molecular flexibility index (Phi) is 5.16. The van der Waals surface area contributed by atoms with Gasteiger partial charge in [-0.1, -0.05) is 6.07 Å². The van der Waals surface area contributed by atoms with Gasteiger partial charge in [0, 0.05) is 29.7 Å². The van der Waals surface area contributed by atoms with Gasteiger partial charge in [-0.2, -0.15) is 0 Å². The molecule has 1 aliphatic heterocycles. The first-order valence-corrected chi connectivity index (χ1v) is 9.10. The van der Waals surface area contributed by atoms with Crippen LogP contribution in [0.2, 0.25) is 0 Å². The zero-order chi connectivity index (χ0) is 17.1. The van der Waals surface area contributed by atoms with Gasteiger partial charge in [0.25, 0.3) is 5.56 Å². The fourth-order valence-electron chi connectivity index (χ4n) is 3.24. The molecule has 2 atom stereocenters. The van der Waals surface area contributed by atoms with E-state index >= 15 is 0 Å². The van der Waals surface area contributed by atoms with Crippen LogP contribution in [-0.4, -0.2) is 33.1 Å². The van der Waals surface area contributed by atoms with E-state index in [0.717, 1.165) is 23.3 Å². The molecule has 5 nitrogen and oxygen atoms in total. The number of hydrogen-bond acceptors (Lipinski definition) is 4. The molecule has 0 radical (unpaired) electrons. The minimum atomic E-state index is -0.537. The summed E-state index contributed by atoms with van der Waals surface area (Å²) in [7, 11) is 0. The molecule has 1 aliphatic rings. The number of amides is 1. The van der Waals surface area contributed by atoms with Crippen molar-refractivity contribution in [1.29, 1.82) is 0 Å². The number of rotatable bonds is 5. The third kappa shape index (κ3) is 3.76.